The molecule has 0 aliphatic carbocycles. The number of thiophene rings is 1. The summed E-state index contributed by atoms with van der Waals surface area (Å²) < 4.78 is 24.5. The van der Waals surface area contributed by atoms with Crippen molar-refractivity contribution in [2.45, 2.75) is 37.8 Å². The maximum Gasteiger partial charge on any atom is 0.229 e. The zero-order valence-electron chi connectivity index (χ0n) is 18.2. The first kappa shape index (κ1) is 24.7. The van der Waals surface area contributed by atoms with Gasteiger partial charge in [0, 0.05) is 18.0 Å². The number of halogens is 1. The minimum atomic E-state index is -1.56. The quantitative estimate of drug-likeness (QED) is 0.447. The van der Waals surface area contributed by atoms with Gasteiger partial charge in [-0.3, -0.25) is 9.69 Å². The Balaban J connectivity index is 1.66. The maximum atomic E-state index is 13.2. The lowest BCUT2D eigenvalue weighted by molar-refractivity contribution is -0.115. The maximum absolute atomic E-state index is 13.2. The van der Waals surface area contributed by atoms with Gasteiger partial charge in [-0.2, -0.15) is 5.26 Å². The van der Waals surface area contributed by atoms with Gasteiger partial charge < -0.3 is 5.32 Å². The number of nitrogens with one attached hydrogen (secondary N) is 1. The molecule has 172 valence electrons. The van der Waals surface area contributed by atoms with Crippen molar-refractivity contribution in [2.24, 2.45) is 5.14 Å². The van der Waals surface area contributed by atoms with Crippen LogP contribution in [0.3, 0.4) is 0 Å². The van der Waals surface area contributed by atoms with E-state index in [0.717, 1.165) is 29.0 Å². The van der Waals surface area contributed by atoms with E-state index in [1.165, 1.54) is 23.5 Å². The Kier molecular flexibility index (Phi) is 8.86. The van der Waals surface area contributed by atoms with E-state index in [9.17, 15) is 18.7 Å². The molecule has 9 heteroatoms. The molecule has 3 aromatic rings. The molecule has 1 aromatic heterocycles. The average Bonchev–Trinajstić information content (AvgIpc) is 3.16. The van der Waals surface area contributed by atoms with Crippen LogP contribution in [0, 0.1) is 17.1 Å². The monoisotopic (exact) mass is 484 g/mol. The van der Waals surface area contributed by atoms with Crippen molar-refractivity contribution >= 4 is 33.2 Å². The molecule has 1 amide bonds. The van der Waals surface area contributed by atoms with Crippen molar-refractivity contribution in [1.29, 1.82) is 5.26 Å². The smallest absolute Gasteiger partial charge is 0.229 e. The van der Waals surface area contributed by atoms with Crippen molar-refractivity contribution in [1.82, 2.24) is 4.90 Å². The molecule has 0 fully saturated rings. The molecule has 0 aliphatic rings. The van der Waals surface area contributed by atoms with E-state index >= 15 is 0 Å². The number of carbonyl (C=O) groups is 1. The van der Waals surface area contributed by atoms with Crippen LogP contribution < -0.4 is 10.5 Å². The number of nitriles is 1. The van der Waals surface area contributed by atoms with Gasteiger partial charge in [-0.05, 0) is 54.4 Å². The summed E-state index contributed by atoms with van der Waals surface area (Å²) in [6.45, 7) is 4.23. The first-order valence-corrected chi connectivity index (χ1v) is 12.5. The molecule has 0 saturated heterocycles. The Labute approximate surface area is 199 Å². The lowest BCUT2D eigenvalue weighted by Gasteiger charge is -2.21. The van der Waals surface area contributed by atoms with E-state index in [4.69, 9.17) is 5.14 Å². The molecule has 1 unspecified atom stereocenters. The van der Waals surface area contributed by atoms with Crippen LogP contribution in [0.2, 0.25) is 0 Å². The van der Waals surface area contributed by atoms with Gasteiger partial charge in [-0.25, -0.2) is 13.7 Å². The molecule has 33 heavy (non-hydrogen) atoms. The lowest BCUT2D eigenvalue weighted by Crippen LogP contribution is -2.23. The summed E-state index contributed by atoms with van der Waals surface area (Å²) in [4.78, 5) is 16.2. The molecule has 0 saturated carbocycles. The molecule has 6 nitrogen and oxygen atoms in total. The van der Waals surface area contributed by atoms with Crippen molar-refractivity contribution in [3.05, 3.63) is 82.0 Å². The van der Waals surface area contributed by atoms with Crippen molar-refractivity contribution in [3.63, 3.8) is 0 Å². The summed E-state index contributed by atoms with van der Waals surface area (Å²) in [6, 6.07) is 17.1. The summed E-state index contributed by atoms with van der Waals surface area (Å²) in [5.74, 6) is -0.498. The zero-order chi connectivity index (χ0) is 23.8. The van der Waals surface area contributed by atoms with E-state index in [1.54, 1.807) is 42.5 Å². The highest BCUT2D eigenvalue weighted by molar-refractivity contribution is 7.82. The van der Waals surface area contributed by atoms with Gasteiger partial charge in [0.15, 0.2) is 0 Å². The van der Waals surface area contributed by atoms with Crippen LogP contribution >= 0.6 is 11.3 Å². The molecule has 2 aromatic carbocycles. The molecule has 3 N–H and O–H groups in total. The Morgan fingerprint density at radius 2 is 1.82 bits per heavy atom. The number of benzene rings is 2. The van der Waals surface area contributed by atoms with E-state index in [1.807, 2.05) is 0 Å². The molecule has 1 heterocycles. The second-order valence-electron chi connectivity index (χ2n) is 7.57. The largest absolute Gasteiger partial charge is 0.316 e. The Hall–Kier alpha value is -2.90. The summed E-state index contributed by atoms with van der Waals surface area (Å²) in [6.07, 6.45) is 1.08. The molecule has 3 rings (SSSR count). The third-order valence-corrected chi connectivity index (χ3v) is 6.69. The highest BCUT2D eigenvalue weighted by Crippen LogP contribution is 2.29. The Morgan fingerprint density at radius 3 is 2.42 bits per heavy atom. The fourth-order valence-corrected chi connectivity index (χ4v) is 4.86. The first-order chi connectivity index (χ1) is 15.9. The third-order valence-electron chi connectivity index (χ3n) is 4.92. The van der Waals surface area contributed by atoms with Gasteiger partial charge >= 0.3 is 0 Å². The van der Waals surface area contributed by atoms with Gasteiger partial charge in [0.05, 0.1) is 16.9 Å². The number of hydrogen-bond acceptors (Lipinski definition) is 5. The number of anilines is 1. The second-order valence-corrected chi connectivity index (χ2v) is 9.77. The third kappa shape index (κ3) is 7.30. The van der Waals surface area contributed by atoms with Gasteiger partial charge in [-0.1, -0.05) is 31.2 Å². The van der Waals surface area contributed by atoms with Crippen LogP contribution in [-0.4, -0.2) is 21.6 Å². The average molecular weight is 485 g/mol. The topological polar surface area (TPSA) is 99.2 Å². The van der Waals surface area contributed by atoms with Crippen LogP contribution in [0.5, 0.6) is 0 Å². The normalized spacial score (nSPS) is 11.8. The minimum Gasteiger partial charge on any atom is -0.316 e. The number of nitrogens with zero attached hydrogens (tertiary/aromatic N) is 2. The van der Waals surface area contributed by atoms with Crippen LogP contribution in [0.4, 0.5) is 9.39 Å². The number of nitrogens with two attached hydrogens (primary N) is 1. The minimum absolute atomic E-state index is 0.127. The lowest BCUT2D eigenvalue weighted by atomic mass is 10.1. The molecular weight excluding hydrogens is 459 g/mol. The van der Waals surface area contributed by atoms with Gasteiger partial charge in [0.1, 0.15) is 27.9 Å². The van der Waals surface area contributed by atoms with Crippen molar-refractivity contribution < 1.29 is 13.4 Å². The molecule has 0 radical (unpaired) electrons. The van der Waals surface area contributed by atoms with E-state index < -0.39 is 11.0 Å². The van der Waals surface area contributed by atoms with Gasteiger partial charge in [0.2, 0.25) is 5.91 Å². The van der Waals surface area contributed by atoms with Crippen LogP contribution in [0.15, 0.2) is 59.5 Å². The van der Waals surface area contributed by atoms with Crippen molar-refractivity contribution in [3.8, 4) is 6.07 Å². The van der Waals surface area contributed by atoms with E-state index in [-0.39, 0.29) is 18.1 Å². The predicted molar refractivity (Wildman–Crippen MR) is 129 cm³/mol. The van der Waals surface area contributed by atoms with Crippen LogP contribution in [0.1, 0.15) is 34.9 Å². The van der Waals surface area contributed by atoms with Crippen LogP contribution in [-0.2, 0) is 35.3 Å². The number of hydrogen-bond donors (Lipinski definition) is 2. The molecule has 0 aliphatic heterocycles. The van der Waals surface area contributed by atoms with Crippen molar-refractivity contribution in [2.75, 3.05) is 11.9 Å². The highest BCUT2D eigenvalue weighted by Gasteiger charge is 2.15. The number of amides is 1. The molecule has 0 spiro atoms. The van der Waals surface area contributed by atoms with E-state index in [0.29, 0.717) is 28.5 Å². The SMILES string of the molecule is CCCN(Cc1ccc(F)cc1)Cc1cc(C#N)c(NC(=O)Cc2ccc(S(N)=O)cc2)s1. The van der Waals surface area contributed by atoms with Gasteiger partial charge in [-0.15, -0.1) is 11.3 Å². The van der Waals surface area contributed by atoms with E-state index in [2.05, 4.69) is 23.2 Å². The molecule has 0 bridgehead atoms. The summed E-state index contributed by atoms with van der Waals surface area (Å²) in [5.41, 5.74) is 2.20. The number of rotatable bonds is 10. The van der Waals surface area contributed by atoms with Crippen LogP contribution in [0.25, 0.3) is 0 Å². The fourth-order valence-electron chi connectivity index (χ4n) is 3.39. The summed E-state index contributed by atoms with van der Waals surface area (Å²) in [5, 5.41) is 18.2. The fraction of sp³-hybridized carbons (Fsp3) is 0.250. The first-order valence-electron chi connectivity index (χ1n) is 10.4. The second kappa shape index (κ2) is 11.8. The zero-order valence-corrected chi connectivity index (χ0v) is 19.8. The molecule has 1 atom stereocenters. The summed E-state index contributed by atoms with van der Waals surface area (Å²) >= 11 is 1.38. The summed E-state index contributed by atoms with van der Waals surface area (Å²) in [7, 11) is -1.56. The number of carbonyl (C=O) groups excluding carboxylic acids is 1. The molecular formula is C24H25FN4O2S2. The standard InChI is InChI=1S/C24H25FN4O2S2/c1-2-11-29(15-18-3-7-20(25)8-4-18)16-21-13-19(14-26)24(32-21)28-23(30)12-17-5-9-22(10-6-17)33(27)31/h3-10,13H,2,11-12,15-16,27H2,1H3,(H,28,30). The Bertz CT molecular complexity index is 1150. The predicted octanol–water partition coefficient (Wildman–Crippen LogP) is 4.33. The Morgan fingerprint density at radius 1 is 1.15 bits per heavy atom. The van der Waals surface area contributed by atoms with Gasteiger partial charge in [0.25, 0.3) is 0 Å². The highest BCUT2D eigenvalue weighted by atomic mass is 32.2.